The quantitative estimate of drug-likeness (QED) is 0.857. The Labute approximate surface area is 133 Å². The van der Waals surface area contributed by atoms with E-state index in [1.54, 1.807) is 29.2 Å². The lowest BCUT2D eigenvalue weighted by Gasteiger charge is -2.45. The number of carbonyl (C=O) groups is 2. The third-order valence-corrected chi connectivity index (χ3v) is 4.86. The Morgan fingerprint density at radius 1 is 1.32 bits per heavy atom. The number of hydrogen-bond donors (Lipinski definition) is 0. The Hall–Kier alpha value is -1.59. The van der Waals surface area contributed by atoms with Gasteiger partial charge in [-0.05, 0) is 30.9 Å². The lowest BCUT2D eigenvalue weighted by Crippen LogP contribution is -2.63. The average Bonchev–Trinajstić information content (AvgIpc) is 3.20. The van der Waals surface area contributed by atoms with Crippen LogP contribution in [0, 0.1) is 5.92 Å². The summed E-state index contributed by atoms with van der Waals surface area (Å²) >= 11 is 6.06. The second kappa shape index (κ2) is 4.96. The first-order valence-electron chi connectivity index (χ1n) is 7.60. The second-order valence-electron chi connectivity index (χ2n) is 6.49. The molecule has 0 atom stereocenters. The summed E-state index contributed by atoms with van der Waals surface area (Å²) in [5.41, 5.74) is -0.0127. The molecule has 5 nitrogen and oxygen atoms in total. The molecule has 22 heavy (non-hydrogen) atoms. The molecule has 116 valence electrons. The third kappa shape index (κ3) is 2.38. The molecule has 0 N–H and O–H groups in total. The summed E-state index contributed by atoms with van der Waals surface area (Å²) in [4.78, 5) is 32.0. The van der Waals surface area contributed by atoms with E-state index in [2.05, 4.69) is 0 Å². The first-order chi connectivity index (χ1) is 10.6. The van der Waals surface area contributed by atoms with Gasteiger partial charge in [-0.1, -0.05) is 23.7 Å². The van der Waals surface area contributed by atoms with Gasteiger partial charge in [0.15, 0.2) is 0 Å². The highest BCUT2D eigenvalue weighted by molar-refractivity contribution is 6.33. The first kappa shape index (κ1) is 14.0. The van der Waals surface area contributed by atoms with Crippen molar-refractivity contribution in [3.05, 3.63) is 34.9 Å². The molecular formula is C16H17ClN2O3. The van der Waals surface area contributed by atoms with Gasteiger partial charge in [0.25, 0.3) is 5.91 Å². The summed E-state index contributed by atoms with van der Waals surface area (Å²) in [7, 11) is 0. The van der Waals surface area contributed by atoms with Crippen LogP contribution in [0.25, 0.3) is 0 Å². The van der Waals surface area contributed by atoms with Gasteiger partial charge in [0.1, 0.15) is 5.60 Å². The van der Waals surface area contributed by atoms with Gasteiger partial charge in [0, 0.05) is 0 Å². The van der Waals surface area contributed by atoms with Crippen LogP contribution in [0.1, 0.15) is 29.6 Å². The Morgan fingerprint density at radius 3 is 2.73 bits per heavy atom. The molecule has 3 fully saturated rings. The summed E-state index contributed by atoms with van der Waals surface area (Å²) in [6.45, 7) is 1.59. The maximum absolute atomic E-state index is 12.4. The number of hydrogen-bond acceptors (Lipinski definition) is 3. The zero-order chi connectivity index (χ0) is 15.3. The van der Waals surface area contributed by atoms with Crippen LogP contribution in [0.15, 0.2) is 24.3 Å². The molecule has 4 rings (SSSR count). The molecule has 1 aromatic carbocycles. The fourth-order valence-electron chi connectivity index (χ4n) is 3.12. The van der Waals surface area contributed by atoms with E-state index in [1.165, 1.54) is 17.9 Å². The smallest absolute Gasteiger partial charge is 0.255 e. The van der Waals surface area contributed by atoms with E-state index in [1.807, 2.05) is 0 Å². The van der Waals surface area contributed by atoms with Crippen LogP contribution in [-0.2, 0) is 9.63 Å². The summed E-state index contributed by atoms with van der Waals surface area (Å²) in [6.07, 6.45) is 2.72. The highest BCUT2D eigenvalue weighted by Gasteiger charge is 2.55. The van der Waals surface area contributed by atoms with E-state index in [0.29, 0.717) is 42.6 Å². The van der Waals surface area contributed by atoms with E-state index >= 15 is 0 Å². The number of hydroxylamine groups is 2. The highest BCUT2D eigenvalue weighted by atomic mass is 35.5. The number of likely N-dealkylation sites (tertiary alicyclic amines) is 1. The molecule has 1 saturated carbocycles. The fraction of sp³-hybridized carbons (Fsp3) is 0.500. The minimum Gasteiger partial charge on any atom is -0.332 e. The van der Waals surface area contributed by atoms with E-state index in [9.17, 15) is 9.59 Å². The lowest BCUT2D eigenvalue weighted by atomic mass is 9.90. The van der Waals surface area contributed by atoms with Gasteiger partial charge < -0.3 is 4.90 Å². The lowest BCUT2D eigenvalue weighted by molar-refractivity contribution is -0.230. The van der Waals surface area contributed by atoms with Crippen molar-refractivity contribution in [2.45, 2.75) is 24.9 Å². The largest absolute Gasteiger partial charge is 0.332 e. The van der Waals surface area contributed by atoms with Crippen LogP contribution in [0.3, 0.4) is 0 Å². The molecule has 1 aliphatic carbocycles. The van der Waals surface area contributed by atoms with Gasteiger partial charge in [0.05, 0.1) is 36.6 Å². The SMILES string of the molecule is O=C(c1ccccc1Cl)N1CC2(CC(=O)N(CC3CC3)O2)C1. The fourth-order valence-corrected chi connectivity index (χ4v) is 3.34. The number of amides is 2. The summed E-state index contributed by atoms with van der Waals surface area (Å²) in [5, 5.41) is 1.96. The summed E-state index contributed by atoms with van der Waals surface area (Å²) in [5.74, 6) is 0.532. The van der Waals surface area contributed by atoms with E-state index in [0.717, 1.165) is 0 Å². The number of nitrogens with zero attached hydrogens (tertiary/aromatic N) is 2. The Kier molecular flexibility index (Phi) is 3.16. The molecule has 1 spiro atoms. The molecule has 2 saturated heterocycles. The van der Waals surface area contributed by atoms with Gasteiger partial charge in [0.2, 0.25) is 5.91 Å². The number of halogens is 1. The van der Waals surface area contributed by atoms with E-state index in [4.69, 9.17) is 16.4 Å². The zero-order valence-electron chi connectivity index (χ0n) is 12.1. The zero-order valence-corrected chi connectivity index (χ0v) is 12.9. The molecule has 2 amide bonds. The number of benzene rings is 1. The van der Waals surface area contributed by atoms with Gasteiger partial charge in [-0.3, -0.25) is 14.4 Å². The minimum atomic E-state index is -0.511. The van der Waals surface area contributed by atoms with Crippen molar-refractivity contribution >= 4 is 23.4 Å². The van der Waals surface area contributed by atoms with E-state index in [-0.39, 0.29) is 11.8 Å². The number of carbonyl (C=O) groups excluding carboxylic acids is 2. The van der Waals surface area contributed by atoms with Gasteiger partial charge >= 0.3 is 0 Å². The van der Waals surface area contributed by atoms with Crippen LogP contribution >= 0.6 is 11.6 Å². The Morgan fingerprint density at radius 2 is 2.05 bits per heavy atom. The van der Waals surface area contributed by atoms with Crippen LogP contribution in [0.4, 0.5) is 0 Å². The first-order valence-corrected chi connectivity index (χ1v) is 7.97. The molecule has 0 bridgehead atoms. The van der Waals surface area contributed by atoms with Crippen LogP contribution in [-0.4, -0.2) is 47.0 Å². The van der Waals surface area contributed by atoms with Crippen molar-refractivity contribution in [2.75, 3.05) is 19.6 Å². The molecule has 6 heteroatoms. The highest BCUT2D eigenvalue weighted by Crippen LogP contribution is 2.39. The normalized spacial score (nSPS) is 23.0. The van der Waals surface area contributed by atoms with Crippen molar-refractivity contribution in [1.29, 1.82) is 0 Å². The van der Waals surface area contributed by atoms with Crippen LogP contribution < -0.4 is 0 Å². The van der Waals surface area contributed by atoms with Crippen molar-refractivity contribution < 1.29 is 14.4 Å². The maximum Gasteiger partial charge on any atom is 0.255 e. The van der Waals surface area contributed by atoms with Crippen LogP contribution in [0.2, 0.25) is 5.02 Å². The summed E-state index contributed by atoms with van der Waals surface area (Å²) < 4.78 is 0. The second-order valence-corrected chi connectivity index (χ2v) is 6.90. The van der Waals surface area contributed by atoms with Crippen molar-refractivity contribution in [3.8, 4) is 0 Å². The van der Waals surface area contributed by atoms with Crippen LogP contribution in [0.5, 0.6) is 0 Å². The molecule has 0 radical (unpaired) electrons. The monoisotopic (exact) mass is 320 g/mol. The summed E-state index contributed by atoms with van der Waals surface area (Å²) in [6, 6.07) is 7.01. The molecule has 0 aromatic heterocycles. The Balaban J connectivity index is 1.40. The third-order valence-electron chi connectivity index (χ3n) is 4.53. The molecule has 2 heterocycles. The van der Waals surface area contributed by atoms with Crippen molar-refractivity contribution in [3.63, 3.8) is 0 Å². The molecule has 1 aromatic rings. The predicted octanol–water partition coefficient (Wildman–Crippen LogP) is 2.11. The molecular weight excluding hydrogens is 304 g/mol. The van der Waals surface area contributed by atoms with Gasteiger partial charge in [-0.25, -0.2) is 5.06 Å². The van der Waals surface area contributed by atoms with Crippen molar-refractivity contribution in [2.24, 2.45) is 5.92 Å². The van der Waals surface area contributed by atoms with Gasteiger partial charge in [-0.2, -0.15) is 0 Å². The average molecular weight is 321 g/mol. The standard InChI is InChI=1S/C16H17ClN2O3/c17-13-4-2-1-3-12(13)15(21)18-9-16(10-18)7-14(20)19(22-16)8-11-5-6-11/h1-4,11H,5-10H2. The molecule has 2 aliphatic heterocycles. The predicted molar refractivity (Wildman–Crippen MR) is 80.2 cm³/mol. The molecule has 3 aliphatic rings. The van der Waals surface area contributed by atoms with Gasteiger partial charge in [-0.15, -0.1) is 0 Å². The maximum atomic E-state index is 12.4. The topological polar surface area (TPSA) is 49.9 Å². The molecule has 0 unspecified atom stereocenters. The minimum absolute atomic E-state index is 0.0387. The number of rotatable bonds is 3. The Bertz CT molecular complexity index is 638. The van der Waals surface area contributed by atoms with E-state index < -0.39 is 5.60 Å². The van der Waals surface area contributed by atoms with Crippen molar-refractivity contribution in [1.82, 2.24) is 9.96 Å².